The number of likely N-dealkylation sites (tertiary alicyclic amines) is 1. The molecule has 2 heterocycles. The number of carbonyl (C=O) groups is 2. The van der Waals surface area contributed by atoms with E-state index in [1.165, 1.54) is 12.5 Å². The molecule has 0 aromatic carbocycles. The third kappa shape index (κ3) is 4.21. The highest BCUT2D eigenvalue weighted by Gasteiger charge is 2.28. The predicted molar refractivity (Wildman–Crippen MR) is 77.2 cm³/mol. The number of nitrogens with one attached hydrogen (secondary N) is 1. The molecule has 7 heteroatoms. The van der Waals surface area contributed by atoms with Gasteiger partial charge in [-0.05, 0) is 18.3 Å². The van der Waals surface area contributed by atoms with E-state index in [0.717, 1.165) is 25.9 Å². The van der Waals surface area contributed by atoms with Crippen LogP contribution in [0.15, 0.2) is 12.5 Å². The Morgan fingerprint density at radius 2 is 2.24 bits per heavy atom. The van der Waals surface area contributed by atoms with Crippen LogP contribution in [-0.2, 0) is 6.54 Å². The number of carbonyl (C=O) groups excluding carboxylic acids is 1. The summed E-state index contributed by atoms with van der Waals surface area (Å²) in [6.45, 7) is 6.86. The molecule has 1 saturated heterocycles. The Kier molecular flexibility index (Phi) is 4.50. The topological polar surface area (TPSA) is 87.5 Å². The molecule has 0 saturated carbocycles. The van der Waals surface area contributed by atoms with Crippen LogP contribution < -0.4 is 5.32 Å². The molecule has 1 fully saturated rings. The van der Waals surface area contributed by atoms with Crippen LogP contribution in [0.1, 0.15) is 37.2 Å². The Balaban J connectivity index is 1.77. The number of hydrogen-bond acceptors (Lipinski definition) is 3. The lowest BCUT2D eigenvalue weighted by atomic mass is 9.84. The minimum atomic E-state index is -1.05. The first-order valence-electron chi connectivity index (χ1n) is 7.15. The van der Waals surface area contributed by atoms with E-state index < -0.39 is 5.97 Å². The van der Waals surface area contributed by atoms with Crippen molar-refractivity contribution in [3.05, 3.63) is 18.2 Å². The van der Waals surface area contributed by atoms with E-state index in [9.17, 15) is 9.59 Å². The number of hydrogen-bond donors (Lipinski definition) is 2. The zero-order valence-electron chi connectivity index (χ0n) is 12.5. The normalized spacial score (nSPS) is 17.5. The summed E-state index contributed by atoms with van der Waals surface area (Å²) in [4.78, 5) is 28.4. The molecule has 21 heavy (non-hydrogen) atoms. The lowest BCUT2D eigenvalue weighted by Gasteiger charge is -2.37. The van der Waals surface area contributed by atoms with Gasteiger partial charge in [0.05, 0.1) is 6.33 Å². The molecule has 1 aliphatic rings. The summed E-state index contributed by atoms with van der Waals surface area (Å²) in [5.41, 5.74) is 0.190. The van der Waals surface area contributed by atoms with Crippen molar-refractivity contribution >= 4 is 12.0 Å². The quantitative estimate of drug-likeness (QED) is 0.879. The van der Waals surface area contributed by atoms with Gasteiger partial charge >= 0.3 is 12.0 Å². The number of aromatic carboxylic acids is 1. The van der Waals surface area contributed by atoms with Crippen LogP contribution in [0.25, 0.3) is 0 Å². The van der Waals surface area contributed by atoms with Crippen molar-refractivity contribution in [1.82, 2.24) is 19.8 Å². The maximum absolute atomic E-state index is 12.1. The van der Waals surface area contributed by atoms with Gasteiger partial charge in [0.25, 0.3) is 0 Å². The molecule has 0 unspecified atom stereocenters. The highest BCUT2D eigenvalue weighted by atomic mass is 16.4. The van der Waals surface area contributed by atoms with Crippen molar-refractivity contribution < 1.29 is 14.7 Å². The number of carboxylic acids is 1. The van der Waals surface area contributed by atoms with Crippen LogP contribution >= 0.6 is 0 Å². The van der Waals surface area contributed by atoms with E-state index >= 15 is 0 Å². The number of piperidine rings is 1. The van der Waals surface area contributed by atoms with E-state index in [0.29, 0.717) is 13.1 Å². The van der Waals surface area contributed by atoms with Gasteiger partial charge in [0, 0.05) is 32.4 Å². The van der Waals surface area contributed by atoms with Crippen LogP contribution in [0, 0.1) is 5.41 Å². The van der Waals surface area contributed by atoms with Gasteiger partial charge in [0.1, 0.15) is 0 Å². The molecule has 0 radical (unpaired) electrons. The van der Waals surface area contributed by atoms with E-state index in [1.807, 2.05) is 4.90 Å². The van der Waals surface area contributed by atoms with Crippen molar-refractivity contribution in [1.29, 1.82) is 0 Å². The Morgan fingerprint density at radius 1 is 1.48 bits per heavy atom. The number of rotatable bonds is 4. The van der Waals surface area contributed by atoms with Crippen LogP contribution in [0.3, 0.4) is 0 Å². The Bertz CT molecular complexity index is 524. The number of nitrogens with zero attached hydrogens (tertiary/aromatic N) is 3. The molecule has 2 N–H and O–H groups in total. The van der Waals surface area contributed by atoms with Gasteiger partial charge in [0.15, 0.2) is 5.69 Å². The summed E-state index contributed by atoms with van der Waals surface area (Å²) in [5, 5.41) is 11.6. The van der Waals surface area contributed by atoms with Crippen molar-refractivity contribution in [2.75, 3.05) is 19.6 Å². The average Bonchev–Trinajstić information content (AvgIpc) is 2.86. The number of amides is 2. The fourth-order valence-corrected chi connectivity index (χ4v) is 2.59. The van der Waals surface area contributed by atoms with E-state index in [2.05, 4.69) is 24.1 Å². The van der Waals surface area contributed by atoms with Gasteiger partial charge in [0.2, 0.25) is 0 Å². The maximum atomic E-state index is 12.1. The first kappa shape index (κ1) is 15.3. The minimum Gasteiger partial charge on any atom is -0.476 e. The number of imidazole rings is 1. The van der Waals surface area contributed by atoms with Crippen molar-refractivity contribution in [2.45, 2.75) is 33.2 Å². The highest BCUT2D eigenvalue weighted by molar-refractivity contribution is 5.84. The summed E-state index contributed by atoms with van der Waals surface area (Å²) >= 11 is 0. The van der Waals surface area contributed by atoms with E-state index in [4.69, 9.17) is 5.11 Å². The van der Waals surface area contributed by atoms with Gasteiger partial charge in [-0.3, -0.25) is 0 Å². The molecule has 1 aliphatic heterocycles. The van der Waals surface area contributed by atoms with E-state index in [1.54, 1.807) is 4.57 Å². The van der Waals surface area contributed by atoms with Crippen molar-refractivity contribution in [3.63, 3.8) is 0 Å². The van der Waals surface area contributed by atoms with Crippen LogP contribution in [0.2, 0.25) is 0 Å². The fraction of sp³-hybridized carbons (Fsp3) is 0.643. The molecule has 7 nitrogen and oxygen atoms in total. The first-order valence-corrected chi connectivity index (χ1v) is 7.15. The molecule has 116 valence electrons. The minimum absolute atomic E-state index is 0.0131. The van der Waals surface area contributed by atoms with Crippen LogP contribution in [-0.4, -0.2) is 51.2 Å². The maximum Gasteiger partial charge on any atom is 0.356 e. The molecule has 0 aliphatic carbocycles. The SMILES string of the molecule is CC1(C)CCCN(C(=O)NCCn2cnc(C(=O)O)c2)C1. The summed E-state index contributed by atoms with van der Waals surface area (Å²) in [6, 6.07) is -0.0543. The van der Waals surface area contributed by atoms with Crippen LogP contribution in [0.5, 0.6) is 0 Å². The second-order valence-electron chi connectivity index (χ2n) is 6.22. The standard InChI is InChI=1S/C14H22N4O3/c1-14(2)4-3-6-18(9-14)13(21)15-5-7-17-8-11(12(19)20)16-10-17/h8,10H,3-7,9H2,1-2H3,(H,15,21)(H,19,20). The smallest absolute Gasteiger partial charge is 0.356 e. The number of carboxylic acid groups (broad SMARTS) is 1. The summed E-state index contributed by atoms with van der Waals surface area (Å²) in [7, 11) is 0. The zero-order chi connectivity index (χ0) is 15.5. The van der Waals surface area contributed by atoms with Gasteiger partial charge in [-0.1, -0.05) is 13.8 Å². The average molecular weight is 294 g/mol. The highest BCUT2D eigenvalue weighted by Crippen LogP contribution is 2.28. The number of aromatic nitrogens is 2. The Morgan fingerprint density at radius 3 is 2.86 bits per heavy atom. The third-order valence-corrected chi connectivity index (χ3v) is 3.69. The summed E-state index contributed by atoms with van der Waals surface area (Å²) in [6.07, 6.45) is 5.09. The molecular formula is C14H22N4O3. The Hall–Kier alpha value is -2.05. The molecule has 1 aromatic rings. The number of urea groups is 1. The molecule has 2 rings (SSSR count). The zero-order valence-corrected chi connectivity index (χ0v) is 12.5. The van der Waals surface area contributed by atoms with Crippen LogP contribution in [0.4, 0.5) is 4.79 Å². The molecular weight excluding hydrogens is 272 g/mol. The van der Waals surface area contributed by atoms with Crippen molar-refractivity contribution in [3.8, 4) is 0 Å². The Labute approximate surface area is 124 Å². The molecule has 1 aromatic heterocycles. The van der Waals surface area contributed by atoms with E-state index in [-0.39, 0.29) is 17.1 Å². The lowest BCUT2D eigenvalue weighted by molar-refractivity contribution is 0.0691. The molecule has 0 bridgehead atoms. The second-order valence-corrected chi connectivity index (χ2v) is 6.22. The first-order chi connectivity index (χ1) is 9.87. The molecule has 2 amide bonds. The summed E-state index contributed by atoms with van der Waals surface area (Å²) in [5.74, 6) is -1.05. The van der Waals surface area contributed by atoms with Gasteiger partial charge < -0.3 is 19.9 Å². The largest absolute Gasteiger partial charge is 0.476 e. The van der Waals surface area contributed by atoms with Gasteiger partial charge in [-0.2, -0.15) is 0 Å². The summed E-state index contributed by atoms with van der Waals surface area (Å²) < 4.78 is 1.66. The van der Waals surface area contributed by atoms with Crippen molar-refractivity contribution in [2.24, 2.45) is 5.41 Å². The predicted octanol–water partition coefficient (Wildman–Crippen LogP) is 1.41. The second kappa shape index (κ2) is 6.15. The van der Waals surface area contributed by atoms with Gasteiger partial charge in [-0.15, -0.1) is 0 Å². The monoisotopic (exact) mass is 294 g/mol. The fourth-order valence-electron chi connectivity index (χ4n) is 2.59. The van der Waals surface area contributed by atoms with Gasteiger partial charge in [-0.25, -0.2) is 14.6 Å². The molecule has 0 atom stereocenters. The third-order valence-electron chi connectivity index (χ3n) is 3.69. The lowest BCUT2D eigenvalue weighted by Crippen LogP contribution is -2.48. The molecule has 0 spiro atoms.